The number of rotatable bonds is 8. The summed E-state index contributed by atoms with van der Waals surface area (Å²) in [6.45, 7) is 1.98. The maximum absolute atomic E-state index is 12.3. The average molecular weight is 420 g/mol. The van der Waals surface area contributed by atoms with Gasteiger partial charge in [0, 0.05) is 11.6 Å². The second-order valence-corrected chi connectivity index (χ2v) is 6.07. The Morgan fingerprint density at radius 3 is 2.34 bits per heavy atom. The minimum Gasteiger partial charge on any atom is -0.493 e. The number of esters is 1. The number of hydrogen-bond acceptors (Lipinski definition) is 6. The van der Waals surface area contributed by atoms with Crippen LogP contribution in [0.15, 0.2) is 36.4 Å². The lowest BCUT2D eigenvalue weighted by atomic mass is 10.1. The van der Waals surface area contributed by atoms with Crippen LogP contribution < -0.4 is 19.5 Å². The van der Waals surface area contributed by atoms with Gasteiger partial charge in [0.2, 0.25) is 11.7 Å². The van der Waals surface area contributed by atoms with Crippen molar-refractivity contribution in [3.05, 3.63) is 52.6 Å². The molecule has 0 spiro atoms. The van der Waals surface area contributed by atoms with E-state index < -0.39 is 11.9 Å². The Morgan fingerprint density at radius 1 is 1.03 bits per heavy atom. The number of methoxy groups -OCH3 is 3. The van der Waals surface area contributed by atoms with Crippen LogP contribution in [0.5, 0.6) is 17.2 Å². The molecule has 0 saturated heterocycles. The first kappa shape index (κ1) is 22.1. The standard InChI is InChI=1S/C21H22ClNO6/c1-5-29-21(25)14-6-9-16(15(22)12-14)23-18(24)11-8-13-7-10-17(26-2)20(28-4)19(13)27-3/h6-12H,5H2,1-4H3,(H,23,24)/b11-8+. The molecule has 7 nitrogen and oxygen atoms in total. The Morgan fingerprint density at radius 2 is 1.76 bits per heavy atom. The molecule has 1 N–H and O–H groups in total. The molecule has 0 aliphatic carbocycles. The molecule has 2 rings (SSSR count). The molecular weight excluding hydrogens is 398 g/mol. The molecule has 154 valence electrons. The van der Waals surface area contributed by atoms with Crippen LogP contribution in [0.3, 0.4) is 0 Å². The zero-order valence-electron chi connectivity index (χ0n) is 16.6. The fourth-order valence-electron chi connectivity index (χ4n) is 2.55. The predicted molar refractivity (Wildman–Crippen MR) is 111 cm³/mol. The molecule has 0 aliphatic heterocycles. The van der Waals surface area contributed by atoms with Crippen LogP contribution in [0.2, 0.25) is 5.02 Å². The number of amides is 1. The number of anilines is 1. The van der Waals surface area contributed by atoms with Crippen LogP contribution in [0.25, 0.3) is 6.08 Å². The summed E-state index contributed by atoms with van der Waals surface area (Å²) >= 11 is 6.16. The van der Waals surface area contributed by atoms with E-state index in [1.807, 2.05) is 0 Å². The maximum atomic E-state index is 12.3. The summed E-state index contributed by atoms with van der Waals surface area (Å²) in [5.41, 5.74) is 1.30. The zero-order chi connectivity index (χ0) is 21.4. The van der Waals surface area contributed by atoms with Crippen molar-refractivity contribution in [3.63, 3.8) is 0 Å². The summed E-state index contributed by atoms with van der Waals surface area (Å²) in [6, 6.07) is 7.96. The van der Waals surface area contributed by atoms with Crippen LogP contribution in [-0.2, 0) is 9.53 Å². The molecule has 0 atom stereocenters. The van der Waals surface area contributed by atoms with Crippen molar-refractivity contribution in [2.24, 2.45) is 0 Å². The van der Waals surface area contributed by atoms with Gasteiger partial charge in [-0.1, -0.05) is 11.6 Å². The van der Waals surface area contributed by atoms with E-state index in [1.165, 1.54) is 45.6 Å². The van der Waals surface area contributed by atoms with Gasteiger partial charge in [-0.2, -0.15) is 0 Å². The van der Waals surface area contributed by atoms with Gasteiger partial charge in [-0.15, -0.1) is 0 Å². The fraction of sp³-hybridized carbons (Fsp3) is 0.238. The molecule has 1 amide bonds. The normalized spacial score (nSPS) is 10.5. The quantitative estimate of drug-likeness (QED) is 0.510. The third kappa shape index (κ3) is 5.42. The lowest BCUT2D eigenvalue weighted by Crippen LogP contribution is -2.09. The third-order valence-electron chi connectivity index (χ3n) is 3.89. The molecule has 2 aromatic rings. The lowest BCUT2D eigenvalue weighted by molar-refractivity contribution is -0.111. The molecule has 0 aromatic heterocycles. The van der Waals surface area contributed by atoms with Crippen molar-refractivity contribution in [2.75, 3.05) is 33.3 Å². The first-order chi connectivity index (χ1) is 13.9. The SMILES string of the molecule is CCOC(=O)c1ccc(NC(=O)/C=C/c2ccc(OC)c(OC)c2OC)c(Cl)c1. The van der Waals surface area contributed by atoms with Crippen LogP contribution in [-0.4, -0.2) is 39.8 Å². The molecule has 0 heterocycles. The van der Waals surface area contributed by atoms with Crippen molar-refractivity contribution in [1.29, 1.82) is 0 Å². The lowest BCUT2D eigenvalue weighted by Gasteiger charge is -2.14. The highest BCUT2D eigenvalue weighted by atomic mass is 35.5. The van der Waals surface area contributed by atoms with Gasteiger partial charge < -0.3 is 24.3 Å². The molecule has 0 bridgehead atoms. The molecule has 0 radical (unpaired) electrons. The van der Waals surface area contributed by atoms with Gasteiger partial charge in [0.15, 0.2) is 11.5 Å². The van der Waals surface area contributed by atoms with E-state index in [4.69, 9.17) is 30.5 Å². The fourth-order valence-corrected chi connectivity index (χ4v) is 2.78. The van der Waals surface area contributed by atoms with E-state index in [0.29, 0.717) is 34.1 Å². The number of benzene rings is 2. The summed E-state index contributed by atoms with van der Waals surface area (Å²) in [5.74, 6) is 0.489. The number of hydrogen-bond donors (Lipinski definition) is 1. The summed E-state index contributed by atoms with van der Waals surface area (Å²) in [7, 11) is 4.53. The van der Waals surface area contributed by atoms with E-state index in [1.54, 1.807) is 25.1 Å². The number of nitrogens with one attached hydrogen (secondary N) is 1. The Kier molecular flexibility index (Phi) is 7.91. The van der Waals surface area contributed by atoms with Crippen molar-refractivity contribution in [1.82, 2.24) is 0 Å². The van der Waals surface area contributed by atoms with Gasteiger partial charge in [-0.05, 0) is 43.3 Å². The number of carbonyl (C=O) groups excluding carboxylic acids is 2. The van der Waals surface area contributed by atoms with Gasteiger partial charge in [0.1, 0.15) is 0 Å². The second-order valence-electron chi connectivity index (χ2n) is 5.66. The summed E-state index contributed by atoms with van der Waals surface area (Å²) in [4.78, 5) is 24.0. The molecule has 8 heteroatoms. The largest absolute Gasteiger partial charge is 0.493 e. The van der Waals surface area contributed by atoms with Gasteiger partial charge in [-0.3, -0.25) is 4.79 Å². The highest BCUT2D eigenvalue weighted by Crippen LogP contribution is 2.40. The van der Waals surface area contributed by atoms with Crippen LogP contribution in [0, 0.1) is 0 Å². The Labute approximate surface area is 174 Å². The average Bonchev–Trinajstić information content (AvgIpc) is 2.72. The summed E-state index contributed by atoms with van der Waals surface area (Å²) in [5, 5.41) is 2.88. The predicted octanol–water partition coefficient (Wildman–Crippen LogP) is 4.19. The number of halogens is 1. The molecule has 29 heavy (non-hydrogen) atoms. The van der Waals surface area contributed by atoms with Gasteiger partial charge in [0.25, 0.3) is 0 Å². The number of ether oxygens (including phenoxy) is 4. The smallest absolute Gasteiger partial charge is 0.338 e. The first-order valence-corrected chi connectivity index (χ1v) is 9.07. The van der Waals surface area contributed by atoms with E-state index >= 15 is 0 Å². The molecular formula is C21H22ClNO6. The molecule has 2 aromatic carbocycles. The minimum absolute atomic E-state index is 0.223. The summed E-state index contributed by atoms with van der Waals surface area (Å²) < 4.78 is 20.9. The van der Waals surface area contributed by atoms with Crippen molar-refractivity contribution >= 4 is 35.2 Å². The van der Waals surface area contributed by atoms with Gasteiger partial charge >= 0.3 is 5.97 Å². The molecule has 0 fully saturated rings. The maximum Gasteiger partial charge on any atom is 0.338 e. The first-order valence-electron chi connectivity index (χ1n) is 8.69. The second kappa shape index (κ2) is 10.4. The van der Waals surface area contributed by atoms with Gasteiger partial charge in [-0.25, -0.2) is 4.79 Å². The molecule has 0 unspecified atom stereocenters. The molecule has 0 aliphatic rings. The number of carbonyl (C=O) groups is 2. The van der Waals surface area contributed by atoms with Crippen molar-refractivity contribution < 1.29 is 28.5 Å². The highest BCUT2D eigenvalue weighted by Gasteiger charge is 2.15. The molecule has 0 saturated carbocycles. The van der Waals surface area contributed by atoms with Crippen LogP contribution in [0.1, 0.15) is 22.8 Å². The van der Waals surface area contributed by atoms with Crippen LogP contribution in [0.4, 0.5) is 5.69 Å². The minimum atomic E-state index is -0.479. The Balaban J connectivity index is 2.17. The Hall–Kier alpha value is -3.19. The topological polar surface area (TPSA) is 83.1 Å². The van der Waals surface area contributed by atoms with Crippen LogP contribution >= 0.6 is 11.6 Å². The summed E-state index contributed by atoms with van der Waals surface area (Å²) in [6.07, 6.45) is 2.91. The third-order valence-corrected chi connectivity index (χ3v) is 4.20. The van der Waals surface area contributed by atoms with E-state index in [-0.39, 0.29) is 11.6 Å². The van der Waals surface area contributed by atoms with Crippen molar-refractivity contribution in [2.45, 2.75) is 6.92 Å². The van der Waals surface area contributed by atoms with Gasteiger partial charge in [0.05, 0.1) is 44.2 Å². The van der Waals surface area contributed by atoms with E-state index in [0.717, 1.165) is 0 Å². The van der Waals surface area contributed by atoms with E-state index in [9.17, 15) is 9.59 Å². The highest BCUT2D eigenvalue weighted by molar-refractivity contribution is 6.34. The van der Waals surface area contributed by atoms with Crippen molar-refractivity contribution in [3.8, 4) is 17.2 Å². The Bertz CT molecular complexity index is 926. The zero-order valence-corrected chi connectivity index (χ0v) is 17.3. The van der Waals surface area contributed by atoms with E-state index in [2.05, 4.69) is 5.32 Å². The monoisotopic (exact) mass is 419 g/mol.